The number of anilines is 1. The summed E-state index contributed by atoms with van der Waals surface area (Å²) in [5, 5.41) is 25.8. The molecule has 1 aromatic rings. The van der Waals surface area contributed by atoms with Crippen molar-refractivity contribution < 1.29 is 19.5 Å². The number of aliphatic carboxylic acids is 1. The van der Waals surface area contributed by atoms with Gasteiger partial charge in [0.1, 0.15) is 0 Å². The molecule has 0 aliphatic heterocycles. The number of nitrogens with two attached hydrogens (primary N) is 1. The summed E-state index contributed by atoms with van der Waals surface area (Å²) in [6.07, 6.45) is 0.840. The molecule has 0 heterocycles. The fraction of sp³-hybridized carbons (Fsp3) is 0.312. The quantitative estimate of drug-likeness (QED) is 0.291. The average Bonchev–Trinajstić information content (AvgIpc) is 2.55. The summed E-state index contributed by atoms with van der Waals surface area (Å²) in [5.41, 5.74) is 1.34. The lowest BCUT2D eigenvalue weighted by atomic mass is 10.1. The van der Waals surface area contributed by atoms with Crippen molar-refractivity contribution in [2.24, 2.45) is 10.9 Å². The van der Waals surface area contributed by atoms with Crippen molar-refractivity contribution in [3.05, 3.63) is 29.8 Å². The first kappa shape index (κ1) is 19.6. The van der Waals surface area contributed by atoms with Gasteiger partial charge in [0.2, 0.25) is 11.8 Å². The number of carboxylic acids is 1. The van der Waals surface area contributed by atoms with Crippen molar-refractivity contribution in [3.8, 4) is 6.07 Å². The van der Waals surface area contributed by atoms with Gasteiger partial charge in [0.25, 0.3) is 0 Å². The summed E-state index contributed by atoms with van der Waals surface area (Å²) in [5.74, 6) is 3.09. The van der Waals surface area contributed by atoms with E-state index in [9.17, 15) is 14.4 Å². The summed E-state index contributed by atoms with van der Waals surface area (Å²) in [4.78, 5) is 34.3. The number of hydrogen-bond donors (Lipinski definition) is 4. The van der Waals surface area contributed by atoms with E-state index in [1.165, 1.54) is 6.21 Å². The fourth-order valence-electron chi connectivity index (χ4n) is 1.98. The minimum absolute atomic E-state index is 0.0653. The van der Waals surface area contributed by atoms with Crippen molar-refractivity contribution in [2.45, 2.75) is 31.7 Å². The van der Waals surface area contributed by atoms with Gasteiger partial charge in [-0.1, -0.05) is 12.1 Å². The normalized spacial score (nSPS) is 11.5. The number of carboxylic acid groups (broad SMARTS) is 1. The third-order valence-electron chi connectivity index (χ3n) is 3.12. The molecular weight excluding hydrogens is 326 g/mol. The van der Waals surface area contributed by atoms with Crippen LogP contribution in [-0.4, -0.2) is 35.1 Å². The summed E-state index contributed by atoms with van der Waals surface area (Å²) in [6.45, 7) is 0. The number of benzene rings is 1. The van der Waals surface area contributed by atoms with E-state index in [2.05, 4.69) is 15.7 Å². The number of nitrogens with zero attached hydrogens (tertiary/aromatic N) is 2. The summed E-state index contributed by atoms with van der Waals surface area (Å²) in [7, 11) is 0. The SMILES string of the molecule is N#CC[C@H](CC(=O)O)NC(=O)CCC(=O)Nc1ccc(C=NN)cc1. The van der Waals surface area contributed by atoms with Gasteiger partial charge in [0.05, 0.1) is 31.2 Å². The molecule has 0 aliphatic carbocycles. The molecule has 0 spiro atoms. The molecule has 9 nitrogen and oxygen atoms in total. The predicted molar refractivity (Wildman–Crippen MR) is 90.5 cm³/mol. The number of carbonyl (C=O) groups is 3. The second kappa shape index (κ2) is 10.4. The van der Waals surface area contributed by atoms with Crippen molar-refractivity contribution >= 4 is 29.7 Å². The highest BCUT2D eigenvalue weighted by Crippen LogP contribution is 2.09. The maximum absolute atomic E-state index is 11.8. The summed E-state index contributed by atoms with van der Waals surface area (Å²) >= 11 is 0. The smallest absolute Gasteiger partial charge is 0.305 e. The Morgan fingerprint density at radius 2 is 1.88 bits per heavy atom. The van der Waals surface area contributed by atoms with E-state index in [4.69, 9.17) is 16.2 Å². The number of nitriles is 1. The lowest BCUT2D eigenvalue weighted by molar-refractivity contribution is -0.137. The maximum Gasteiger partial charge on any atom is 0.305 e. The average molecular weight is 345 g/mol. The van der Waals surface area contributed by atoms with Gasteiger partial charge in [-0.2, -0.15) is 10.4 Å². The molecule has 0 aromatic heterocycles. The lowest BCUT2D eigenvalue weighted by Gasteiger charge is -2.13. The first-order valence-electron chi connectivity index (χ1n) is 7.46. The molecule has 25 heavy (non-hydrogen) atoms. The van der Waals surface area contributed by atoms with E-state index in [1.54, 1.807) is 24.3 Å². The minimum atomic E-state index is -1.11. The van der Waals surface area contributed by atoms with E-state index < -0.39 is 17.9 Å². The van der Waals surface area contributed by atoms with Gasteiger partial charge < -0.3 is 21.6 Å². The van der Waals surface area contributed by atoms with Gasteiger partial charge in [0.15, 0.2) is 0 Å². The van der Waals surface area contributed by atoms with Crippen molar-refractivity contribution in [1.29, 1.82) is 5.26 Å². The highest BCUT2D eigenvalue weighted by molar-refractivity contribution is 5.93. The Kier molecular flexibility index (Phi) is 8.15. The van der Waals surface area contributed by atoms with Crippen molar-refractivity contribution in [2.75, 3.05) is 5.32 Å². The van der Waals surface area contributed by atoms with Gasteiger partial charge in [0, 0.05) is 18.5 Å². The van der Waals surface area contributed by atoms with Crippen LogP contribution in [0.4, 0.5) is 5.69 Å². The molecule has 0 saturated carbocycles. The molecule has 132 valence electrons. The Bertz CT molecular complexity index is 679. The second-order valence-corrected chi connectivity index (χ2v) is 5.17. The zero-order valence-corrected chi connectivity index (χ0v) is 13.4. The van der Waals surface area contributed by atoms with Crippen LogP contribution in [0.2, 0.25) is 0 Å². The summed E-state index contributed by atoms with van der Waals surface area (Å²) < 4.78 is 0. The van der Waals surface area contributed by atoms with Crippen LogP contribution in [-0.2, 0) is 14.4 Å². The Morgan fingerprint density at radius 3 is 2.44 bits per heavy atom. The van der Waals surface area contributed by atoms with E-state index in [0.29, 0.717) is 5.69 Å². The second-order valence-electron chi connectivity index (χ2n) is 5.17. The molecule has 9 heteroatoms. The van der Waals surface area contributed by atoms with Gasteiger partial charge in [-0.3, -0.25) is 14.4 Å². The molecule has 0 radical (unpaired) electrons. The van der Waals surface area contributed by atoms with Crippen LogP contribution in [0.25, 0.3) is 0 Å². The van der Waals surface area contributed by atoms with Crippen molar-refractivity contribution in [1.82, 2.24) is 5.32 Å². The number of rotatable bonds is 9. The van der Waals surface area contributed by atoms with Crippen LogP contribution < -0.4 is 16.5 Å². The Labute approximate surface area is 144 Å². The van der Waals surface area contributed by atoms with E-state index in [-0.39, 0.29) is 31.6 Å². The minimum Gasteiger partial charge on any atom is -0.481 e. The van der Waals surface area contributed by atoms with E-state index in [0.717, 1.165) is 5.56 Å². The number of hydrogen-bond acceptors (Lipinski definition) is 6. The van der Waals surface area contributed by atoms with E-state index in [1.807, 2.05) is 6.07 Å². The fourth-order valence-corrected chi connectivity index (χ4v) is 1.98. The topological polar surface area (TPSA) is 158 Å². The molecule has 0 aliphatic rings. The molecule has 0 unspecified atom stereocenters. The highest BCUT2D eigenvalue weighted by Gasteiger charge is 2.16. The maximum atomic E-state index is 11.8. The first-order chi connectivity index (χ1) is 11.9. The molecule has 0 saturated heterocycles. The van der Waals surface area contributed by atoms with Gasteiger partial charge in [-0.25, -0.2) is 0 Å². The first-order valence-corrected chi connectivity index (χ1v) is 7.46. The zero-order valence-electron chi connectivity index (χ0n) is 13.4. The number of carbonyl (C=O) groups excluding carboxylic acids is 2. The predicted octanol–water partition coefficient (Wildman–Crippen LogP) is 0.571. The van der Waals surface area contributed by atoms with Crippen LogP contribution in [0.5, 0.6) is 0 Å². The lowest BCUT2D eigenvalue weighted by Crippen LogP contribution is -2.36. The van der Waals surface area contributed by atoms with Gasteiger partial charge in [-0.15, -0.1) is 0 Å². The molecule has 5 N–H and O–H groups in total. The standard InChI is InChI=1S/C16H19N5O4/c17-8-7-13(9-16(24)25)21-15(23)6-5-14(22)20-12-3-1-11(2-4-12)10-19-18/h1-4,10,13H,5-7,9,18H2,(H,20,22)(H,21,23)(H,24,25)/t13-/m1/s1. The molecule has 0 fully saturated rings. The van der Waals surface area contributed by atoms with Crippen molar-refractivity contribution in [3.63, 3.8) is 0 Å². The van der Waals surface area contributed by atoms with Gasteiger partial charge >= 0.3 is 5.97 Å². The third kappa shape index (κ3) is 8.13. The molecule has 1 aromatic carbocycles. The summed E-state index contributed by atoms with van der Waals surface area (Å²) in [6, 6.07) is 7.83. The monoisotopic (exact) mass is 345 g/mol. The largest absolute Gasteiger partial charge is 0.481 e. The Morgan fingerprint density at radius 1 is 1.24 bits per heavy atom. The molecule has 1 rings (SSSR count). The molecule has 0 bridgehead atoms. The van der Waals surface area contributed by atoms with Gasteiger partial charge in [-0.05, 0) is 17.7 Å². The number of nitrogens with one attached hydrogen (secondary N) is 2. The highest BCUT2D eigenvalue weighted by atomic mass is 16.4. The molecule has 2 amide bonds. The molecule has 1 atom stereocenters. The third-order valence-corrected chi connectivity index (χ3v) is 3.12. The number of amides is 2. The number of hydrazone groups is 1. The van der Waals surface area contributed by atoms with E-state index >= 15 is 0 Å². The van der Waals surface area contributed by atoms with Crippen LogP contribution in [0.3, 0.4) is 0 Å². The van der Waals surface area contributed by atoms with Crippen LogP contribution in [0.15, 0.2) is 29.4 Å². The molecular formula is C16H19N5O4. The van der Waals surface area contributed by atoms with Crippen LogP contribution >= 0.6 is 0 Å². The van der Waals surface area contributed by atoms with Crippen LogP contribution in [0.1, 0.15) is 31.2 Å². The zero-order chi connectivity index (χ0) is 18.7. The van der Waals surface area contributed by atoms with Crippen LogP contribution in [0, 0.1) is 11.3 Å². The Balaban J connectivity index is 2.43. The Hall–Kier alpha value is -3.41.